The first kappa shape index (κ1) is 19.9. The highest BCUT2D eigenvalue weighted by Crippen LogP contribution is 2.17. The van der Waals surface area contributed by atoms with E-state index in [-0.39, 0.29) is 24.2 Å². The van der Waals surface area contributed by atoms with Crippen molar-refractivity contribution in [2.24, 2.45) is 0 Å². The van der Waals surface area contributed by atoms with Crippen LogP contribution in [0.5, 0.6) is 0 Å². The van der Waals surface area contributed by atoms with Gasteiger partial charge in [-0.1, -0.05) is 41.9 Å². The van der Waals surface area contributed by atoms with Gasteiger partial charge in [-0.15, -0.1) is 0 Å². The lowest BCUT2D eigenvalue weighted by atomic mass is 10.1. The third-order valence-corrected chi connectivity index (χ3v) is 4.41. The summed E-state index contributed by atoms with van der Waals surface area (Å²) in [5.74, 6) is -0.659. The summed E-state index contributed by atoms with van der Waals surface area (Å²) in [6.45, 7) is 2.58. The molecule has 26 heavy (non-hydrogen) atoms. The minimum Gasteiger partial charge on any atom is -0.350 e. The molecular formula is C20H22ClFN2O2. The number of carbonyl (C=O) groups is 2. The van der Waals surface area contributed by atoms with E-state index in [1.165, 1.54) is 17.0 Å². The molecule has 0 bridgehead atoms. The smallest absolute Gasteiger partial charge is 0.239 e. The zero-order valence-corrected chi connectivity index (χ0v) is 15.4. The van der Waals surface area contributed by atoms with Crippen LogP contribution in [0.1, 0.15) is 24.5 Å². The molecule has 0 saturated heterocycles. The number of benzene rings is 2. The van der Waals surface area contributed by atoms with Gasteiger partial charge in [-0.25, -0.2) is 4.39 Å². The van der Waals surface area contributed by atoms with Crippen molar-refractivity contribution in [1.82, 2.24) is 10.2 Å². The second-order valence-electron chi connectivity index (χ2n) is 5.90. The Morgan fingerprint density at radius 2 is 1.81 bits per heavy atom. The largest absolute Gasteiger partial charge is 0.350 e. The van der Waals surface area contributed by atoms with Gasteiger partial charge in [0.25, 0.3) is 0 Å². The molecule has 2 rings (SSSR count). The van der Waals surface area contributed by atoms with Gasteiger partial charge < -0.3 is 10.2 Å². The molecule has 0 aromatic heterocycles. The number of hydrogen-bond donors (Lipinski definition) is 1. The highest BCUT2D eigenvalue weighted by molar-refractivity contribution is 6.31. The Kier molecular flexibility index (Phi) is 7.60. The molecule has 2 aromatic rings. The third-order valence-electron chi connectivity index (χ3n) is 4.04. The molecule has 138 valence electrons. The van der Waals surface area contributed by atoms with E-state index in [9.17, 15) is 14.0 Å². The average molecular weight is 377 g/mol. The maximum Gasteiger partial charge on any atom is 0.239 e. The Hall–Kier alpha value is -2.40. The first-order valence-electron chi connectivity index (χ1n) is 8.52. The number of amides is 2. The molecule has 0 saturated carbocycles. The summed E-state index contributed by atoms with van der Waals surface area (Å²) in [5, 5.41) is 3.38. The summed E-state index contributed by atoms with van der Waals surface area (Å²) in [6.07, 6.45) is 0.828. The molecule has 1 N–H and O–H groups in total. The second kappa shape index (κ2) is 9.92. The maximum absolute atomic E-state index is 12.9. The molecule has 2 aromatic carbocycles. The van der Waals surface area contributed by atoms with Crippen molar-refractivity contribution in [3.63, 3.8) is 0 Å². The van der Waals surface area contributed by atoms with Crippen molar-refractivity contribution < 1.29 is 14.0 Å². The van der Waals surface area contributed by atoms with Crippen LogP contribution in [-0.4, -0.2) is 29.8 Å². The van der Waals surface area contributed by atoms with Gasteiger partial charge in [0.2, 0.25) is 11.8 Å². The highest BCUT2D eigenvalue weighted by Gasteiger charge is 2.15. The van der Waals surface area contributed by atoms with Crippen LogP contribution < -0.4 is 5.32 Å². The Bertz CT molecular complexity index is 750. The van der Waals surface area contributed by atoms with Gasteiger partial charge in [-0.2, -0.15) is 0 Å². The molecule has 0 aliphatic heterocycles. The monoisotopic (exact) mass is 376 g/mol. The van der Waals surface area contributed by atoms with E-state index < -0.39 is 0 Å². The Morgan fingerprint density at radius 3 is 2.46 bits per heavy atom. The number of nitrogens with zero attached hydrogens (tertiary/aromatic N) is 1. The van der Waals surface area contributed by atoms with Crippen LogP contribution in [0.3, 0.4) is 0 Å². The molecule has 0 aliphatic carbocycles. The molecule has 0 heterocycles. The summed E-state index contributed by atoms with van der Waals surface area (Å²) in [4.78, 5) is 26.0. The number of halogens is 2. The van der Waals surface area contributed by atoms with E-state index in [2.05, 4.69) is 5.32 Å². The SMILES string of the molecule is CCN(CC(=O)NCc1ccc(F)cc1)C(=O)CCc1ccccc1Cl. The molecule has 0 radical (unpaired) electrons. The lowest BCUT2D eigenvalue weighted by Gasteiger charge is -2.20. The molecule has 6 heteroatoms. The summed E-state index contributed by atoms with van der Waals surface area (Å²) in [6, 6.07) is 13.3. The number of aryl methyl sites for hydroxylation is 1. The Morgan fingerprint density at radius 1 is 1.12 bits per heavy atom. The van der Waals surface area contributed by atoms with Gasteiger partial charge in [0.1, 0.15) is 5.82 Å². The summed E-state index contributed by atoms with van der Waals surface area (Å²) in [7, 11) is 0. The fourth-order valence-corrected chi connectivity index (χ4v) is 2.74. The molecule has 0 fully saturated rings. The minimum atomic E-state index is -0.318. The Labute approximate surface area is 158 Å². The molecule has 4 nitrogen and oxygen atoms in total. The van der Waals surface area contributed by atoms with Crippen molar-refractivity contribution in [1.29, 1.82) is 0 Å². The standard InChI is InChI=1S/C20H22ClFN2O2/c1-2-24(20(26)12-9-16-5-3-4-6-18(16)21)14-19(25)23-13-15-7-10-17(22)11-8-15/h3-8,10-11H,2,9,12-14H2,1H3,(H,23,25). The van der Waals surface area contributed by atoms with Crippen molar-refractivity contribution in [3.8, 4) is 0 Å². The molecule has 0 aliphatic rings. The van der Waals surface area contributed by atoms with Gasteiger partial charge >= 0.3 is 0 Å². The van der Waals surface area contributed by atoms with Crippen LogP contribution in [0.15, 0.2) is 48.5 Å². The van der Waals surface area contributed by atoms with Crippen LogP contribution in [0.4, 0.5) is 4.39 Å². The van der Waals surface area contributed by atoms with E-state index in [1.807, 2.05) is 25.1 Å². The number of rotatable bonds is 8. The molecule has 2 amide bonds. The van der Waals surface area contributed by atoms with E-state index >= 15 is 0 Å². The fraction of sp³-hybridized carbons (Fsp3) is 0.300. The van der Waals surface area contributed by atoms with Crippen LogP contribution in [0.25, 0.3) is 0 Å². The number of carbonyl (C=O) groups excluding carboxylic acids is 2. The highest BCUT2D eigenvalue weighted by atomic mass is 35.5. The molecule has 0 atom stereocenters. The van der Waals surface area contributed by atoms with Gasteiger partial charge in [0.05, 0.1) is 6.54 Å². The van der Waals surface area contributed by atoms with Crippen molar-refractivity contribution >= 4 is 23.4 Å². The van der Waals surface area contributed by atoms with Crippen LogP contribution in [0, 0.1) is 5.82 Å². The third kappa shape index (κ3) is 6.15. The van der Waals surface area contributed by atoms with Crippen molar-refractivity contribution in [2.45, 2.75) is 26.3 Å². The molecular weight excluding hydrogens is 355 g/mol. The Balaban J connectivity index is 1.81. The van der Waals surface area contributed by atoms with Gasteiger partial charge in [0.15, 0.2) is 0 Å². The van der Waals surface area contributed by atoms with E-state index in [0.717, 1.165) is 11.1 Å². The van der Waals surface area contributed by atoms with Crippen LogP contribution in [0.2, 0.25) is 5.02 Å². The summed E-state index contributed by atoms with van der Waals surface area (Å²) < 4.78 is 12.9. The van der Waals surface area contributed by atoms with Crippen molar-refractivity contribution in [3.05, 3.63) is 70.5 Å². The van der Waals surface area contributed by atoms with Gasteiger partial charge in [0, 0.05) is 24.5 Å². The number of hydrogen-bond acceptors (Lipinski definition) is 2. The molecule has 0 unspecified atom stereocenters. The van der Waals surface area contributed by atoms with E-state index in [0.29, 0.717) is 31.0 Å². The average Bonchev–Trinajstić information content (AvgIpc) is 2.64. The summed E-state index contributed by atoms with van der Waals surface area (Å²) >= 11 is 6.10. The van der Waals surface area contributed by atoms with Crippen molar-refractivity contribution in [2.75, 3.05) is 13.1 Å². The second-order valence-corrected chi connectivity index (χ2v) is 6.31. The summed E-state index contributed by atoms with van der Waals surface area (Å²) in [5.41, 5.74) is 1.71. The lowest BCUT2D eigenvalue weighted by Crippen LogP contribution is -2.40. The zero-order valence-electron chi connectivity index (χ0n) is 14.7. The quantitative estimate of drug-likeness (QED) is 0.765. The zero-order chi connectivity index (χ0) is 18.9. The van der Waals surface area contributed by atoms with Crippen LogP contribution in [-0.2, 0) is 22.6 Å². The van der Waals surface area contributed by atoms with Gasteiger partial charge in [-0.3, -0.25) is 9.59 Å². The number of nitrogens with one attached hydrogen (secondary N) is 1. The predicted octanol–water partition coefficient (Wildman–Crippen LogP) is 3.58. The predicted molar refractivity (Wildman–Crippen MR) is 100 cm³/mol. The maximum atomic E-state index is 12.9. The lowest BCUT2D eigenvalue weighted by molar-refractivity contribution is -0.135. The number of likely N-dealkylation sites (N-methyl/N-ethyl adjacent to an activating group) is 1. The first-order chi connectivity index (χ1) is 12.5. The minimum absolute atomic E-state index is 0.000943. The van der Waals surface area contributed by atoms with Crippen LogP contribution >= 0.6 is 11.6 Å². The van der Waals surface area contributed by atoms with Gasteiger partial charge in [-0.05, 0) is 42.7 Å². The van der Waals surface area contributed by atoms with E-state index in [4.69, 9.17) is 11.6 Å². The normalized spacial score (nSPS) is 10.4. The van der Waals surface area contributed by atoms with E-state index in [1.54, 1.807) is 18.2 Å². The fourth-order valence-electron chi connectivity index (χ4n) is 2.51. The topological polar surface area (TPSA) is 49.4 Å². The molecule has 0 spiro atoms. The first-order valence-corrected chi connectivity index (χ1v) is 8.89.